The summed E-state index contributed by atoms with van der Waals surface area (Å²) in [6, 6.07) is 28.8. The molecule has 2 aliphatic heterocycles. The number of aromatic amines is 2. The topological polar surface area (TPSA) is 128 Å². The number of ether oxygens (including phenoxy) is 1. The van der Waals surface area contributed by atoms with Crippen LogP contribution in [0.25, 0.3) is 44.5 Å². The second kappa shape index (κ2) is 13.8. The lowest BCUT2D eigenvalue weighted by molar-refractivity contribution is -0.134. The first-order valence-corrected chi connectivity index (χ1v) is 19.8. The monoisotopic (exact) mass is 731 g/mol. The van der Waals surface area contributed by atoms with Crippen molar-refractivity contribution in [2.45, 2.75) is 74.9 Å². The van der Waals surface area contributed by atoms with Crippen LogP contribution in [0.2, 0.25) is 0 Å². The normalized spacial score (nSPS) is 21.9. The third-order valence-corrected chi connectivity index (χ3v) is 12.5. The molecule has 10 rings (SSSR count). The lowest BCUT2D eigenvalue weighted by atomic mass is 9.81. The molecule has 2 aliphatic carbocycles. The zero-order chi connectivity index (χ0) is 37.0. The van der Waals surface area contributed by atoms with Gasteiger partial charge in [0, 0.05) is 6.54 Å². The molecule has 55 heavy (non-hydrogen) atoms. The molecule has 2 aromatic heterocycles. The van der Waals surface area contributed by atoms with E-state index in [4.69, 9.17) is 9.72 Å². The molecule has 2 saturated heterocycles. The van der Waals surface area contributed by atoms with Crippen molar-refractivity contribution in [3.8, 4) is 33.5 Å². The maximum atomic E-state index is 14.1. The number of H-pyrrole nitrogens is 2. The summed E-state index contributed by atoms with van der Waals surface area (Å²) in [5.74, 6) is 2.79. The number of hydrogen-bond acceptors (Lipinski definition) is 6. The van der Waals surface area contributed by atoms with Gasteiger partial charge in [-0.3, -0.25) is 4.79 Å². The van der Waals surface area contributed by atoms with E-state index < -0.39 is 12.1 Å². The van der Waals surface area contributed by atoms with Crippen molar-refractivity contribution in [1.29, 1.82) is 0 Å². The molecule has 2 bridgehead atoms. The lowest BCUT2D eigenvalue weighted by Crippen LogP contribution is -2.42. The van der Waals surface area contributed by atoms with Crippen LogP contribution in [-0.2, 0) is 9.53 Å². The number of nitrogens with zero attached hydrogens (tertiary/aromatic N) is 3. The number of carbonyl (C=O) groups excluding carboxylic acids is 2. The van der Waals surface area contributed by atoms with E-state index in [-0.39, 0.29) is 11.9 Å². The molecule has 3 fully saturated rings. The molecular weight excluding hydrogens is 687 g/mol. The summed E-state index contributed by atoms with van der Waals surface area (Å²) in [4.78, 5) is 45.1. The van der Waals surface area contributed by atoms with E-state index in [2.05, 4.69) is 80.2 Å². The molecule has 278 valence electrons. The van der Waals surface area contributed by atoms with Gasteiger partial charge in [-0.25, -0.2) is 14.8 Å². The molecule has 4 N–H and O–H groups in total. The van der Waals surface area contributed by atoms with Crippen LogP contribution in [0.3, 0.4) is 0 Å². The van der Waals surface area contributed by atoms with Gasteiger partial charge in [0.1, 0.15) is 17.7 Å². The minimum Gasteiger partial charge on any atom is -0.453 e. The number of nitrogens with one attached hydrogen (secondary N) is 4. The predicted molar refractivity (Wildman–Crippen MR) is 212 cm³/mol. The van der Waals surface area contributed by atoms with E-state index in [1.54, 1.807) is 0 Å². The number of hydrogen-bond donors (Lipinski definition) is 4. The Balaban J connectivity index is 0.936. The van der Waals surface area contributed by atoms with Crippen molar-refractivity contribution in [3.63, 3.8) is 0 Å². The molecular formula is C45H45N7O3. The van der Waals surface area contributed by atoms with Crippen LogP contribution in [0.15, 0.2) is 91.1 Å². The van der Waals surface area contributed by atoms with Gasteiger partial charge in [0.05, 0.1) is 42.1 Å². The van der Waals surface area contributed by atoms with E-state index in [0.29, 0.717) is 30.0 Å². The van der Waals surface area contributed by atoms with Crippen molar-refractivity contribution in [3.05, 3.63) is 119 Å². The van der Waals surface area contributed by atoms with Gasteiger partial charge in [0.2, 0.25) is 0 Å². The van der Waals surface area contributed by atoms with Gasteiger partial charge in [-0.2, -0.15) is 0 Å². The number of fused-ring (bicyclic) bond motifs is 6. The second-order valence-electron chi connectivity index (χ2n) is 15.6. The maximum Gasteiger partial charge on any atom is 0.407 e. The quantitative estimate of drug-likeness (QED) is 0.124. The number of imidazole rings is 2. The Kier molecular flexibility index (Phi) is 8.50. The van der Waals surface area contributed by atoms with Crippen LogP contribution in [0, 0.1) is 0 Å². The Bertz CT molecular complexity index is 2390. The van der Waals surface area contributed by atoms with Gasteiger partial charge >= 0.3 is 6.09 Å². The molecule has 5 unspecified atom stereocenters. The number of alkyl carbamates (subject to hydrolysis) is 1. The zero-order valence-corrected chi connectivity index (χ0v) is 31.0. The first-order chi connectivity index (χ1) is 27.0. The minimum atomic E-state index is -0.855. The number of aromatic nitrogens is 4. The highest BCUT2D eigenvalue weighted by Crippen LogP contribution is 2.58. The molecule has 1 saturated carbocycles. The lowest BCUT2D eigenvalue weighted by Gasteiger charge is -2.28. The standard InChI is InChI=1S/C45H45N7O3/c1-55-45(54)51-41(28-7-3-2-4-8-28)44(53)52-22-6-10-38(52)43-48-34-20-17-29(24-36(34)49-43)33-19-18-32(39-30-15-16-31(23-30)40(33)39)26-11-13-27(14-12-26)37-25-47-42(50-37)35-9-5-21-46-35/h2-4,7-8,11-14,17-20,24-25,30-31,35,38,41,46H,5-6,9-10,15-16,21-23H2,1H3,(H,47,50)(H,48,49)(H,51,54). The molecule has 10 nitrogen and oxygen atoms in total. The van der Waals surface area contributed by atoms with Gasteiger partial charge in [0.15, 0.2) is 0 Å². The van der Waals surface area contributed by atoms with Crippen LogP contribution in [-0.4, -0.2) is 57.0 Å². The highest BCUT2D eigenvalue weighted by Gasteiger charge is 2.41. The van der Waals surface area contributed by atoms with Gasteiger partial charge in [-0.1, -0.05) is 72.8 Å². The molecule has 4 heterocycles. The number of benzene rings is 4. The van der Waals surface area contributed by atoms with Gasteiger partial charge in [-0.05, 0) is 120 Å². The van der Waals surface area contributed by atoms with Crippen molar-refractivity contribution < 1.29 is 14.3 Å². The van der Waals surface area contributed by atoms with E-state index in [0.717, 1.165) is 59.7 Å². The largest absolute Gasteiger partial charge is 0.453 e. The number of likely N-dealkylation sites (tertiary alicyclic amines) is 1. The van der Waals surface area contributed by atoms with E-state index in [1.807, 2.05) is 41.4 Å². The van der Waals surface area contributed by atoms with E-state index in [1.165, 1.54) is 66.2 Å². The van der Waals surface area contributed by atoms with E-state index in [9.17, 15) is 9.59 Å². The molecule has 0 spiro atoms. The highest BCUT2D eigenvalue weighted by atomic mass is 16.5. The fraction of sp³-hybridized carbons (Fsp3) is 0.333. The molecule has 4 aromatic carbocycles. The summed E-state index contributed by atoms with van der Waals surface area (Å²) in [6.45, 7) is 1.64. The molecule has 0 radical (unpaired) electrons. The fourth-order valence-corrected chi connectivity index (χ4v) is 9.88. The van der Waals surface area contributed by atoms with Crippen LogP contribution < -0.4 is 10.6 Å². The number of rotatable bonds is 8. The number of carbonyl (C=O) groups is 2. The van der Waals surface area contributed by atoms with Gasteiger partial charge < -0.3 is 30.2 Å². The smallest absolute Gasteiger partial charge is 0.407 e. The summed E-state index contributed by atoms with van der Waals surface area (Å²) in [5.41, 5.74) is 12.9. The minimum absolute atomic E-state index is 0.173. The number of amides is 2. The summed E-state index contributed by atoms with van der Waals surface area (Å²) in [5, 5.41) is 6.30. The molecule has 5 atom stereocenters. The summed E-state index contributed by atoms with van der Waals surface area (Å²) < 4.78 is 4.88. The maximum absolute atomic E-state index is 14.1. The van der Waals surface area contributed by atoms with Crippen molar-refractivity contribution in [1.82, 2.24) is 35.5 Å². The van der Waals surface area contributed by atoms with Crippen LogP contribution in [0.5, 0.6) is 0 Å². The summed E-state index contributed by atoms with van der Waals surface area (Å²) >= 11 is 0. The summed E-state index contributed by atoms with van der Waals surface area (Å²) in [6.07, 6.45) is 8.99. The van der Waals surface area contributed by atoms with E-state index >= 15 is 0 Å². The first kappa shape index (κ1) is 33.8. The van der Waals surface area contributed by atoms with Gasteiger partial charge in [-0.15, -0.1) is 0 Å². The third kappa shape index (κ3) is 5.99. The fourth-order valence-electron chi connectivity index (χ4n) is 9.88. The Labute approximate surface area is 320 Å². The second-order valence-corrected chi connectivity index (χ2v) is 15.6. The van der Waals surface area contributed by atoms with Crippen LogP contribution in [0.4, 0.5) is 4.79 Å². The molecule has 10 heteroatoms. The van der Waals surface area contributed by atoms with Crippen LogP contribution in [0.1, 0.15) is 103 Å². The Morgan fingerprint density at radius 3 is 2.31 bits per heavy atom. The van der Waals surface area contributed by atoms with Crippen molar-refractivity contribution >= 4 is 23.0 Å². The Hall–Kier alpha value is -5.74. The predicted octanol–water partition coefficient (Wildman–Crippen LogP) is 8.84. The number of methoxy groups -OCH3 is 1. The SMILES string of the molecule is COC(=O)NC(C(=O)N1CCCC1c1nc2ccc(-c3ccc(-c4ccc(-c5cnc(C6CCCN6)[nH]5)cc4)c4c3C3CCC4C3)cc2[nH]1)c1ccccc1. The third-order valence-electron chi connectivity index (χ3n) is 12.5. The molecule has 2 amide bonds. The average molecular weight is 732 g/mol. The zero-order valence-electron chi connectivity index (χ0n) is 31.0. The molecule has 6 aromatic rings. The van der Waals surface area contributed by atoms with Crippen molar-refractivity contribution in [2.24, 2.45) is 0 Å². The van der Waals surface area contributed by atoms with Crippen LogP contribution >= 0.6 is 0 Å². The highest BCUT2D eigenvalue weighted by molar-refractivity contribution is 5.89. The van der Waals surface area contributed by atoms with Gasteiger partial charge in [0.25, 0.3) is 5.91 Å². The summed E-state index contributed by atoms with van der Waals surface area (Å²) in [7, 11) is 1.31. The Morgan fingerprint density at radius 2 is 1.56 bits per heavy atom. The van der Waals surface area contributed by atoms with Crippen molar-refractivity contribution in [2.75, 3.05) is 20.2 Å². The average Bonchev–Trinajstić information content (AvgIpc) is 4.09. The first-order valence-electron chi connectivity index (χ1n) is 19.8. The Morgan fingerprint density at radius 1 is 0.818 bits per heavy atom. The molecule has 4 aliphatic rings.